The molecule has 0 aliphatic rings. The second kappa shape index (κ2) is 6.62. The Morgan fingerprint density at radius 3 is 2.57 bits per heavy atom. The summed E-state index contributed by atoms with van der Waals surface area (Å²) in [5, 5.41) is 15.1. The van der Waals surface area contributed by atoms with E-state index in [2.05, 4.69) is 15.3 Å². The van der Waals surface area contributed by atoms with E-state index in [1.54, 1.807) is 12.1 Å². The van der Waals surface area contributed by atoms with Crippen LogP contribution in [0.25, 0.3) is 22.3 Å². The van der Waals surface area contributed by atoms with E-state index in [4.69, 9.17) is 11.6 Å². The predicted octanol–water partition coefficient (Wildman–Crippen LogP) is 2.50. The summed E-state index contributed by atoms with van der Waals surface area (Å²) in [6.45, 7) is 0.239. The van der Waals surface area contributed by atoms with Gasteiger partial charge in [0.25, 0.3) is 0 Å². The molecule has 0 saturated heterocycles. The highest BCUT2D eigenvalue weighted by molar-refractivity contribution is 6.30. The number of fused-ring (bicyclic) bond motifs is 1. The standard InChI is InChI=1S/C17H14ClN3O2/c18-12-7-5-11(6-8-12)16-20-14-4-2-1-3-13(14)17(21-16)19-10-9-15(22)23/h1-8H,9-10H2,(H,22,23)(H,19,20,21)/p-1. The fraction of sp³-hybridized carbons (Fsp3) is 0.118. The fourth-order valence-electron chi connectivity index (χ4n) is 2.22. The van der Waals surface area contributed by atoms with Crippen LogP contribution in [-0.4, -0.2) is 22.5 Å². The number of nitrogens with zero attached hydrogens (tertiary/aromatic N) is 2. The molecule has 5 nitrogen and oxygen atoms in total. The van der Waals surface area contributed by atoms with Crippen molar-refractivity contribution in [3.63, 3.8) is 0 Å². The van der Waals surface area contributed by atoms with Crippen molar-refractivity contribution < 1.29 is 9.90 Å². The summed E-state index contributed by atoms with van der Waals surface area (Å²) in [5.41, 5.74) is 1.62. The molecule has 116 valence electrons. The van der Waals surface area contributed by atoms with Gasteiger partial charge in [0.1, 0.15) is 5.82 Å². The van der Waals surface area contributed by atoms with E-state index in [9.17, 15) is 9.90 Å². The Balaban J connectivity index is 2.02. The number of para-hydroxylation sites is 1. The third-order valence-corrected chi connectivity index (χ3v) is 3.58. The molecule has 3 rings (SSSR count). The van der Waals surface area contributed by atoms with Gasteiger partial charge < -0.3 is 15.2 Å². The summed E-state index contributed by atoms with van der Waals surface area (Å²) in [4.78, 5) is 19.7. The zero-order valence-electron chi connectivity index (χ0n) is 12.1. The molecule has 0 fully saturated rings. The van der Waals surface area contributed by atoms with Crippen LogP contribution in [0.15, 0.2) is 48.5 Å². The van der Waals surface area contributed by atoms with Gasteiger partial charge in [0.05, 0.1) is 5.52 Å². The van der Waals surface area contributed by atoms with Gasteiger partial charge in [-0.1, -0.05) is 23.7 Å². The molecule has 0 radical (unpaired) electrons. The summed E-state index contributed by atoms with van der Waals surface area (Å²) in [6.07, 6.45) is -0.0887. The van der Waals surface area contributed by atoms with Crippen molar-refractivity contribution in [1.29, 1.82) is 0 Å². The summed E-state index contributed by atoms with van der Waals surface area (Å²) in [6, 6.07) is 14.8. The molecular formula is C17H13ClN3O2-. The van der Waals surface area contributed by atoms with Crippen molar-refractivity contribution >= 4 is 34.3 Å². The molecule has 6 heteroatoms. The average molecular weight is 327 g/mol. The molecule has 2 aromatic carbocycles. The number of carboxylic acid groups (broad SMARTS) is 1. The third kappa shape index (κ3) is 3.57. The lowest BCUT2D eigenvalue weighted by atomic mass is 10.2. The number of carboxylic acids is 1. The molecule has 1 aromatic heterocycles. The molecule has 0 aliphatic carbocycles. The van der Waals surface area contributed by atoms with E-state index in [1.807, 2.05) is 36.4 Å². The molecule has 0 amide bonds. The zero-order valence-corrected chi connectivity index (χ0v) is 12.9. The molecule has 0 bridgehead atoms. The molecule has 1 N–H and O–H groups in total. The minimum absolute atomic E-state index is 0.0887. The van der Waals surface area contributed by atoms with E-state index in [0.717, 1.165) is 16.5 Å². The van der Waals surface area contributed by atoms with E-state index in [1.165, 1.54) is 0 Å². The number of aromatic nitrogens is 2. The SMILES string of the molecule is O=C([O-])CCNc1nc(-c2ccc(Cl)cc2)nc2ccccc12. The lowest BCUT2D eigenvalue weighted by Gasteiger charge is -2.11. The van der Waals surface area contributed by atoms with Crippen LogP contribution in [-0.2, 0) is 4.79 Å². The topological polar surface area (TPSA) is 77.9 Å². The average Bonchev–Trinajstić information content (AvgIpc) is 2.55. The zero-order chi connectivity index (χ0) is 16.2. The molecule has 3 aromatic rings. The van der Waals surface area contributed by atoms with Gasteiger partial charge in [0, 0.05) is 34.9 Å². The minimum Gasteiger partial charge on any atom is -0.550 e. The smallest absolute Gasteiger partial charge is 0.162 e. The van der Waals surface area contributed by atoms with E-state index < -0.39 is 5.97 Å². The van der Waals surface area contributed by atoms with Crippen molar-refractivity contribution in [2.75, 3.05) is 11.9 Å². The van der Waals surface area contributed by atoms with Gasteiger partial charge in [0.15, 0.2) is 5.82 Å². The third-order valence-electron chi connectivity index (χ3n) is 3.33. The Morgan fingerprint density at radius 2 is 1.83 bits per heavy atom. The number of anilines is 1. The Kier molecular flexibility index (Phi) is 4.39. The second-order valence-corrected chi connectivity index (χ2v) is 5.41. The Morgan fingerprint density at radius 1 is 1.09 bits per heavy atom. The maximum atomic E-state index is 10.6. The monoisotopic (exact) mass is 326 g/mol. The first-order chi connectivity index (χ1) is 11.1. The number of benzene rings is 2. The first-order valence-electron chi connectivity index (χ1n) is 7.10. The van der Waals surface area contributed by atoms with Gasteiger partial charge in [0.2, 0.25) is 0 Å². The minimum atomic E-state index is -1.10. The van der Waals surface area contributed by atoms with Crippen molar-refractivity contribution in [3.05, 3.63) is 53.6 Å². The number of halogens is 1. The maximum Gasteiger partial charge on any atom is 0.162 e. The van der Waals surface area contributed by atoms with Crippen LogP contribution in [0, 0.1) is 0 Å². The molecule has 0 unspecified atom stereocenters. The van der Waals surface area contributed by atoms with Crippen LogP contribution < -0.4 is 10.4 Å². The fourth-order valence-corrected chi connectivity index (χ4v) is 2.35. The largest absolute Gasteiger partial charge is 0.550 e. The summed E-state index contributed by atoms with van der Waals surface area (Å²) < 4.78 is 0. The summed E-state index contributed by atoms with van der Waals surface area (Å²) in [7, 11) is 0. The van der Waals surface area contributed by atoms with Crippen molar-refractivity contribution in [3.8, 4) is 11.4 Å². The number of carbonyl (C=O) groups is 1. The number of hydrogen-bond acceptors (Lipinski definition) is 5. The Bertz CT molecular complexity index is 850. The van der Waals surface area contributed by atoms with E-state index >= 15 is 0 Å². The van der Waals surface area contributed by atoms with Gasteiger partial charge in [-0.25, -0.2) is 9.97 Å². The van der Waals surface area contributed by atoms with Crippen LogP contribution in [0.4, 0.5) is 5.82 Å². The van der Waals surface area contributed by atoms with Gasteiger partial charge in [-0.3, -0.25) is 0 Å². The quantitative estimate of drug-likeness (QED) is 0.779. The molecule has 23 heavy (non-hydrogen) atoms. The summed E-state index contributed by atoms with van der Waals surface area (Å²) >= 11 is 5.91. The molecular weight excluding hydrogens is 314 g/mol. The van der Waals surface area contributed by atoms with Crippen molar-refractivity contribution in [2.45, 2.75) is 6.42 Å². The number of hydrogen-bond donors (Lipinski definition) is 1. The van der Waals surface area contributed by atoms with E-state index in [0.29, 0.717) is 16.7 Å². The van der Waals surface area contributed by atoms with Crippen LogP contribution in [0.2, 0.25) is 5.02 Å². The highest BCUT2D eigenvalue weighted by Crippen LogP contribution is 2.25. The first-order valence-corrected chi connectivity index (χ1v) is 7.48. The van der Waals surface area contributed by atoms with Gasteiger partial charge in [-0.15, -0.1) is 0 Å². The highest BCUT2D eigenvalue weighted by atomic mass is 35.5. The van der Waals surface area contributed by atoms with Gasteiger partial charge >= 0.3 is 0 Å². The lowest BCUT2D eigenvalue weighted by molar-refractivity contribution is -0.305. The van der Waals surface area contributed by atoms with Crippen LogP contribution in [0.5, 0.6) is 0 Å². The normalized spacial score (nSPS) is 10.7. The van der Waals surface area contributed by atoms with E-state index in [-0.39, 0.29) is 13.0 Å². The number of rotatable bonds is 5. The highest BCUT2D eigenvalue weighted by Gasteiger charge is 2.09. The number of carbonyl (C=O) groups excluding carboxylic acids is 1. The molecule has 0 spiro atoms. The number of nitrogens with one attached hydrogen (secondary N) is 1. The van der Waals surface area contributed by atoms with Gasteiger partial charge in [-0.05, 0) is 36.4 Å². The van der Waals surface area contributed by atoms with Crippen LogP contribution >= 0.6 is 11.6 Å². The lowest BCUT2D eigenvalue weighted by Crippen LogP contribution is -2.25. The second-order valence-electron chi connectivity index (χ2n) is 4.97. The first kappa shape index (κ1) is 15.2. The molecule has 1 heterocycles. The number of aliphatic carboxylic acids is 1. The van der Waals surface area contributed by atoms with Crippen LogP contribution in [0.3, 0.4) is 0 Å². The predicted molar refractivity (Wildman–Crippen MR) is 88.1 cm³/mol. The summed E-state index contributed by atoms with van der Waals surface area (Å²) in [5.74, 6) is 0.0481. The maximum absolute atomic E-state index is 10.6. The van der Waals surface area contributed by atoms with Crippen LogP contribution in [0.1, 0.15) is 6.42 Å². The molecule has 0 aliphatic heterocycles. The van der Waals surface area contributed by atoms with Crippen molar-refractivity contribution in [1.82, 2.24) is 9.97 Å². The molecule has 0 saturated carbocycles. The Labute approximate surface area is 138 Å². The van der Waals surface area contributed by atoms with Crippen molar-refractivity contribution in [2.24, 2.45) is 0 Å². The Hall–Kier alpha value is -2.66. The molecule has 0 atom stereocenters. The van der Waals surface area contributed by atoms with Gasteiger partial charge in [-0.2, -0.15) is 0 Å².